The molecule has 1 amide bonds. The van der Waals surface area contributed by atoms with E-state index in [1.54, 1.807) is 24.3 Å². The second-order valence-electron chi connectivity index (χ2n) is 8.19. The second kappa shape index (κ2) is 10.8. The van der Waals surface area contributed by atoms with Crippen molar-refractivity contribution in [3.63, 3.8) is 0 Å². The van der Waals surface area contributed by atoms with Gasteiger partial charge in [0, 0.05) is 36.8 Å². The maximum absolute atomic E-state index is 12.5. The molecule has 0 radical (unpaired) electrons. The number of piperidine rings is 1. The molecule has 1 heterocycles. The number of carbonyl (C=O) groups is 2. The standard InChI is InChI=1S/C24H31N3O4S/c1-3-14-27-15-12-22(13-16-27)26-24(29)21-6-4-19(5-7-21)17-25-32(30,31)23-10-8-20(9-11-23)18(2)28/h4-11,22,25H,3,12-17H2,1-2H3,(H,26,29). The van der Waals surface area contributed by atoms with Gasteiger partial charge in [0.15, 0.2) is 5.78 Å². The molecule has 0 spiro atoms. The first kappa shape index (κ1) is 24.1. The van der Waals surface area contributed by atoms with Crippen LogP contribution in [-0.2, 0) is 16.6 Å². The highest BCUT2D eigenvalue weighted by molar-refractivity contribution is 7.89. The van der Waals surface area contributed by atoms with Crippen molar-refractivity contribution in [1.29, 1.82) is 0 Å². The fourth-order valence-electron chi connectivity index (χ4n) is 3.79. The number of carbonyl (C=O) groups excluding carboxylic acids is 2. The highest BCUT2D eigenvalue weighted by atomic mass is 32.2. The summed E-state index contributed by atoms with van der Waals surface area (Å²) in [4.78, 5) is 26.4. The summed E-state index contributed by atoms with van der Waals surface area (Å²) in [5.74, 6) is -0.218. The first-order chi connectivity index (χ1) is 15.3. The molecule has 2 aromatic rings. The Morgan fingerprint density at radius 2 is 1.56 bits per heavy atom. The van der Waals surface area contributed by atoms with Crippen LogP contribution in [-0.4, -0.2) is 50.7 Å². The van der Waals surface area contributed by atoms with Crippen LogP contribution < -0.4 is 10.0 Å². The number of Topliss-reactive ketones (excluding diaryl/α,β-unsaturated/α-hetero) is 1. The van der Waals surface area contributed by atoms with Crippen molar-refractivity contribution < 1.29 is 18.0 Å². The van der Waals surface area contributed by atoms with Gasteiger partial charge in [-0.1, -0.05) is 31.2 Å². The summed E-state index contributed by atoms with van der Waals surface area (Å²) in [5, 5.41) is 3.11. The number of likely N-dealkylation sites (tertiary alicyclic amines) is 1. The summed E-state index contributed by atoms with van der Waals surface area (Å²) in [6, 6.07) is 12.9. The predicted molar refractivity (Wildman–Crippen MR) is 124 cm³/mol. The molecule has 2 N–H and O–H groups in total. The maximum Gasteiger partial charge on any atom is 0.251 e. The largest absolute Gasteiger partial charge is 0.349 e. The van der Waals surface area contributed by atoms with Crippen LogP contribution >= 0.6 is 0 Å². The number of rotatable bonds is 9. The highest BCUT2D eigenvalue weighted by Crippen LogP contribution is 2.14. The Kier molecular flexibility index (Phi) is 8.17. The predicted octanol–water partition coefficient (Wildman–Crippen LogP) is 2.97. The van der Waals surface area contributed by atoms with Gasteiger partial charge in [0.05, 0.1) is 4.90 Å². The fourth-order valence-corrected chi connectivity index (χ4v) is 4.81. The number of nitrogens with one attached hydrogen (secondary N) is 2. The van der Waals surface area contributed by atoms with Crippen molar-refractivity contribution in [2.24, 2.45) is 0 Å². The maximum atomic E-state index is 12.5. The smallest absolute Gasteiger partial charge is 0.251 e. The first-order valence-corrected chi connectivity index (χ1v) is 12.5. The molecule has 0 unspecified atom stereocenters. The lowest BCUT2D eigenvalue weighted by atomic mass is 10.0. The molecule has 1 aliphatic heterocycles. The number of nitrogens with zero attached hydrogens (tertiary/aromatic N) is 1. The summed E-state index contributed by atoms with van der Waals surface area (Å²) in [5.41, 5.74) is 1.77. The number of sulfonamides is 1. The van der Waals surface area contributed by atoms with Gasteiger partial charge in [0.1, 0.15) is 0 Å². The zero-order valence-corrected chi connectivity index (χ0v) is 19.5. The quantitative estimate of drug-likeness (QED) is 0.565. The lowest BCUT2D eigenvalue weighted by Gasteiger charge is -2.32. The summed E-state index contributed by atoms with van der Waals surface area (Å²) < 4.78 is 27.5. The molecule has 1 aliphatic rings. The van der Waals surface area contributed by atoms with Crippen molar-refractivity contribution in [2.75, 3.05) is 19.6 Å². The molecule has 1 fully saturated rings. The van der Waals surface area contributed by atoms with Crippen LogP contribution in [0.4, 0.5) is 0 Å². The van der Waals surface area contributed by atoms with Crippen molar-refractivity contribution in [2.45, 2.75) is 50.6 Å². The number of amides is 1. The Hall–Kier alpha value is -2.55. The Morgan fingerprint density at radius 1 is 0.969 bits per heavy atom. The van der Waals surface area contributed by atoms with Gasteiger partial charge >= 0.3 is 0 Å². The fraction of sp³-hybridized carbons (Fsp3) is 0.417. The van der Waals surface area contributed by atoms with Gasteiger partial charge in [-0.15, -0.1) is 0 Å². The van der Waals surface area contributed by atoms with Crippen LogP contribution in [0.1, 0.15) is 59.4 Å². The summed E-state index contributed by atoms with van der Waals surface area (Å²) in [7, 11) is -3.70. The number of benzene rings is 2. The molecule has 32 heavy (non-hydrogen) atoms. The van der Waals surface area contributed by atoms with E-state index in [2.05, 4.69) is 21.9 Å². The van der Waals surface area contributed by atoms with Crippen LogP contribution in [0.2, 0.25) is 0 Å². The third-order valence-electron chi connectivity index (χ3n) is 5.72. The number of hydrogen-bond acceptors (Lipinski definition) is 5. The average molecular weight is 458 g/mol. The molecular formula is C24H31N3O4S. The summed E-state index contributed by atoms with van der Waals surface area (Å²) in [6.07, 6.45) is 3.06. The van der Waals surface area contributed by atoms with E-state index in [1.165, 1.54) is 31.2 Å². The molecule has 3 rings (SSSR count). The Labute approximate surface area is 190 Å². The molecule has 0 saturated carbocycles. The minimum atomic E-state index is -3.70. The molecule has 2 aromatic carbocycles. The van der Waals surface area contributed by atoms with Crippen molar-refractivity contribution >= 4 is 21.7 Å². The van der Waals surface area contributed by atoms with Crippen molar-refractivity contribution in [3.05, 3.63) is 65.2 Å². The van der Waals surface area contributed by atoms with Gasteiger partial charge in [-0.3, -0.25) is 9.59 Å². The monoisotopic (exact) mass is 457 g/mol. The Bertz CT molecular complexity index is 1030. The first-order valence-electron chi connectivity index (χ1n) is 11.0. The average Bonchev–Trinajstić information content (AvgIpc) is 2.79. The molecule has 1 saturated heterocycles. The van der Waals surface area contributed by atoms with Crippen LogP contribution in [0.3, 0.4) is 0 Å². The van der Waals surface area contributed by atoms with Crippen LogP contribution in [0.5, 0.6) is 0 Å². The van der Waals surface area contributed by atoms with E-state index >= 15 is 0 Å². The van der Waals surface area contributed by atoms with E-state index < -0.39 is 10.0 Å². The molecule has 7 nitrogen and oxygen atoms in total. The van der Waals surface area contributed by atoms with Crippen LogP contribution in [0.25, 0.3) is 0 Å². The molecular weight excluding hydrogens is 426 g/mol. The third kappa shape index (κ3) is 6.48. The Balaban J connectivity index is 1.52. The van der Waals surface area contributed by atoms with Crippen molar-refractivity contribution in [3.8, 4) is 0 Å². The van der Waals surface area contributed by atoms with Gasteiger partial charge in [-0.05, 0) is 62.6 Å². The normalized spacial score (nSPS) is 15.4. The zero-order valence-electron chi connectivity index (χ0n) is 18.6. The number of ketones is 1. The van der Waals surface area contributed by atoms with E-state index in [-0.39, 0.29) is 29.2 Å². The van der Waals surface area contributed by atoms with Gasteiger partial charge in [0.2, 0.25) is 10.0 Å². The van der Waals surface area contributed by atoms with Gasteiger partial charge < -0.3 is 10.2 Å². The molecule has 0 atom stereocenters. The van der Waals surface area contributed by atoms with Gasteiger partial charge in [0.25, 0.3) is 5.91 Å². The summed E-state index contributed by atoms with van der Waals surface area (Å²) in [6.45, 7) is 6.84. The Morgan fingerprint density at radius 3 is 2.12 bits per heavy atom. The zero-order chi connectivity index (χ0) is 23.1. The van der Waals surface area contributed by atoms with E-state index in [9.17, 15) is 18.0 Å². The molecule has 8 heteroatoms. The number of hydrogen-bond donors (Lipinski definition) is 2. The highest BCUT2D eigenvalue weighted by Gasteiger charge is 2.20. The van der Waals surface area contributed by atoms with E-state index in [4.69, 9.17) is 0 Å². The molecule has 0 bridgehead atoms. The summed E-state index contributed by atoms with van der Waals surface area (Å²) >= 11 is 0. The van der Waals surface area contributed by atoms with Crippen LogP contribution in [0, 0.1) is 0 Å². The minimum Gasteiger partial charge on any atom is -0.349 e. The van der Waals surface area contributed by atoms with Crippen LogP contribution in [0.15, 0.2) is 53.4 Å². The molecule has 0 aliphatic carbocycles. The SMILES string of the molecule is CCCN1CCC(NC(=O)c2ccc(CNS(=O)(=O)c3ccc(C(C)=O)cc3)cc2)CC1. The topological polar surface area (TPSA) is 95.6 Å². The lowest BCUT2D eigenvalue weighted by Crippen LogP contribution is -2.44. The molecule has 172 valence electrons. The third-order valence-corrected chi connectivity index (χ3v) is 7.13. The molecule has 0 aromatic heterocycles. The minimum absolute atomic E-state index is 0.100. The van der Waals surface area contributed by atoms with E-state index in [0.717, 1.165) is 44.5 Å². The van der Waals surface area contributed by atoms with Crippen molar-refractivity contribution in [1.82, 2.24) is 14.9 Å². The van der Waals surface area contributed by atoms with E-state index in [0.29, 0.717) is 11.1 Å². The second-order valence-corrected chi connectivity index (χ2v) is 9.96. The van der Waals surface area contributed by atoms with Gasteiger partial charge in [-0.25, -0.2) is 13.1 Å². The van der Waals surface area contributed by atoms with Gasteiger partial charge in [-0.2, -0.15) is 0 Å². The lowest BCUT2D eigenvalue weighted by molar-refractivity contribution is 0.0910. The van der Waals surface area contributed by atoms with E-state index in [1.807, 2.05) is 0 Å².